The van der Waals surface area contributed by atoms with E-state index in [9.17, 15) is 9.59 Å². The molecular formula is C26H22Cl2N4O5. The first-order valence-electron chi connectivity index (χ1n) is 11.5. The molecule has 0 bridgehead atoms. The van der Waals surface area contributed by atoms with Crippen LogP contribution in [0.4, 0.5) is 0 Å². The molecule has 0 N–H and O–H groups in total. The number of aryl methyl sites for hydroxylation is 2. The maximum atomic E-state index is 12.9. The summed E-state index contributed by atoms with van der Waals surface area (Å²) in [5.74, 6) is -1.01. The first-order chi connectivity index (χ1) is 17.8. The van der Waals surface area contributed by atoms with E-state index in [0.717, 1.165) is 11.1 Å². The van der Waals surface area contributed by atoms with Crippen LogP contribution in [0, 0.1) is 13.8 Å². The molecule has 0 aliphatic carbocycles. The summed E-state index contributed by atoms with van der Waals surface area (Å²) in [6, 6.07) is 14.1. The number of nitrogens with zero attached hydrogens (tertiary/aromatic N) is 4. The van der Waals surface area contributed by atoms with Crippen molar-refractivity contribution in [2.45, 2.75) is 38.7 Å². The standard InChI is InChI=1S/C26H22Cl2N4O5/c1-14-3-7-16(8-4-14)24(33)35-12-19-18(37-25(34)17-9-5-15(2)6-10-17)11-20(36-19)32-13-29-23-21(32)22(27)30-26(28)31-23/h3-10,13,18-20H,11-12H2,1-2H3/t18-,19+,20+/m0/s1. The SMILES string of the molecule is Cc1ccc(C(=O)OC[C@H]2O[C@@H](n3cnc4nc(Cl)nc(Cl)c43)C[C@@H]2OC(=O)c2ccc(C)cc2)cc1. The summed E-state index contributed by atoms with van der Waals surface area (Å²) in [7, 11) is 0. The van der Waals surface area contributed by atoms with E-state index in [1.807, 2.05) is 38.1 Å². The smallest absolute Gasteiger partial charge is 0.338 e. The van der Waals surface area contributed by atoms with E-state index < -0.39 is 30.4 Å². The molecule has 11 heteroatoms. The van der Waals surface area contributed by atoms with Crippen molar-refractivity contribution in [2.75, 3.05) is 6.61 Å². The molecule has 37 heavy (non-hydrogen) atoms. The van der Waals surface area contributed by atoms with Crippen LogP contribution in [-0.2, 0) is 14.2 Å². The van der Waals surface area contributed by atoms with Crippen LogP contribution >= 0.6 is 23.2 Å². The van der Waals surface area contributed by atoms with Crippen LogP contribution < -0.4 is 0 Å². The number of ether oxygens (including phenoxy) is 3. The number of aromatic nitrogens is 4. The number of fused-ring (bicyclic) bond motifs is 1. The molecule has 3 heterocycles. The van der Waals surface area contributed by atoms with E-state index >= 15 is 0 Å². The van der Waals surface area contributed by atoms with Gasteiger partial charge in [0, 0.05) is 6.42 Å². The lowest BCUT2D eigenvalue weighted by Crippen LogP contribution is -2.32. The van der Waals surface area contributed by atoms with E-state index in [-0.39, 0.29) is 23.5 Å². The zero-order valence-corrected chi connectivity index (χ0v) is 21.4. The van der Waals surface area contributed by atoms with E-state index in [4.69, 9.17) is 37.4 Å². The topological polar surface area (TPSA) is 105 Å². The van der Waals surface area contributed by atoms with Crippen LogP contribution in [0.5, 0.6) is 0 Å². The fraction of sp³-hybridized carbons (Fsp3) is 0.269. The Morgan fingerprint density at radius 2 is 1.59 bits per heavy atom. The molecule has 4 aromatic rings. The molecule has 2 aromatic carbocycles. The zero-order valence-electron chi connectivity index (χ0n) is 19.9. The van der Waals surface area contributed by atoms with Crippen molar-refractivity contribution in [2.24, 2.45) is 0 Å². The first kappa shape index (κ1) is 25.1. The van der Waals surface area contributed by atoms with E-state index in [2.05, 4.69) is 15.0 Å². The molecule has 1 fully saturated rings. The van der Waals surface area contributed by atoms with Gasteiger partial charge in [-0.3, -0.25) is 4.57 Å². The van der Waals surface area contributed by atoms with Crippen molar-refractivity contribution >= 4 is 46.3 Å². The van der Waals surface area contributed by atoms with Crippen molar-refractivity contribution in [3.05, 3.63) is 87.5 Å². The van der Waals surface area contributed by atoms with Gasteiger partial charge in [-0.05, 0) is 49.7 Å². The summed E-state index contributed by atoms with van der Waals surface area (Å²) < 4.78 is 19.2. The van der Waals surface area contributed by atoms with Crippen molar-refractivity contribution < 1.29 is 23.8 Å². The predicted octanol–water partition coefficient (Wildman–Crippen LogP) is 5.12. The maximum Gasteiger partial charge on any atom is 0.338 e. The Balaban J connectivity index is 1.37. The third-order valence-electron chi connectivity index (χ3n) is 6.06. The summed E-state index contributed by atoms with van der Waals surface area (Å²) in [5, 5.41) is 0.0828. The monoisotopic (exact) mass is 540 g/mol. The van der Waals surface area contributed by atoms with Gasteiger partial charge < -0.3 is 14.2 Å². The third-order valence-corrected chi connectivity index (χ3v) is 6.49. The Morgan fingerprint density at radius 3 is 2.24 bits per heavy atom. The van der Waals surface area contributed by atoms with Crippen molar-refractivity contribution in [3.63, 3.8) is 0 Å². The second-order valence-electron chi connectivity index (χ2n) is 8.75. The molecule has 3 atom stereocenters. The molecular weight excluding hydrogens is 519 g/mol. The Hall–Kier alpha value is -3.53. The number of hydrogen-bond donors (Lipinski definition) is 0. The van der Waals surface area contributed by atoms with Gasteiger partial charge in [0.15, 0.2) is 10.8 Å². The number of hydrogen-bond acceptors (Lipinski definition) is 8. The second kappa shape index (κ2) is 10.5. The quantitative estimate of drug-likeness (QED) is 0.188. The number of carbonyl (C=O) groups excluding carboxylic acids is 2. The van der Waals surface area contributed by atoms with Crippen molar-refractivity contribution in [3.8, 4) is 0 Å². The number of rotatable bonds is 6. The van der Waals surface area contributed by atoms with Gasteiger partial charge in [-0.15, -0.1) is 0 Å². The minimum Gasteiger partial charge on any atom is -0.459 e. The lowest BCUT2D eigenvalue weighted by molar-refractivity contribution is -0.0562. The maximum absolute atomic E-state index is 12.9. The average molecular weight is 541 g/mol. The summed E-state index contributed by atoms with van der Waals surface area (Å²) in [6.45, 7) is 3.73. The highest BCUT2D eigenvalue weighted by Crippen LogP contribution is 2.35. The van der Waals surface area contributed by atoms with Gasteiger partial charge in [-0.25, -0.2) is 19.6 Å². The largest absolute Gasteiger partial charge is 0.459 e. The number of halogens is 2. The molecule has 1 saturated heterocycles. The molecule has 1 aliphatic rings. The first-order valence-corrected chi connectivity index (χ1v) is 12.3. The molecule has 2 aromatic heterocycles. The number of esters is 2. The Morgan fingerprint density at radius 1 is 0.973 bits per heavy atom. The third kappa shape index (κ3) is 5.44. The summed E-state index contributed by atoms with van der Waals surface area (Å²) in [4.78, 5) is 37.8. The Bertz CT molecular complexity index is 1460. The van der Waals surface area contributed by atoms with Crippen LogP contribution in [0.15, 0.2) is 54.9 Å². The molecule has 0 amide bonds. The minimum absolute atomic E-state index is 0.0270. The molecule has 1 aliphatic heterocycles. The minimum atomic E-state index is -0.738. The van der Waals surface area contributed by atoms with Crippen LogP contribution in [0.3, 0.4) is 0 Å². The summed E-state index contributed by atoms with van der Waals surface area (Å²) in [6.07, 6.45) is -0.320. The predicted molar refractivity (Wildman–Crippen MR) is 136 cm³/mol. The highest BCUT2D eigenvalue weighted by Gasteiger charge is 2.41. The lowest BCUT2D eigenvalue weighted by Gasteiger charge is -2.19. The highest BCUT2D eigenvalue weighted by molar-refractivity contribution is 6.35. The van der Waals surface area contributed by atoms with E-state index in [1.54, 1.807) is 28.8 Å². The van der Waals surface area contributed by atoms with Gasteiger partial charge in [0.2, 0.25) is 5.28 Å². The molecule has 0 spiro atoms. The average Bonchev–Trinajstić information content (AvgIpc) is 3.47. The van der Waals surface area contributed by atoms with Gasteiger partial charge in [-0.1, -0.05) is 47.0 Å². The Kier molecular flexibility index (Phi) is 7.10. The Labute approximate surface area is 222 Å². The van der Waals surface area contributed by atoms with Crippen molar-refractivity contribution in [1.29, 1.82) is 0 Å². The normalized spacial score (nSPS) is 19.2. The van der Waals surface area contributed by atoms with Gasteiger partial charge in [-0.2, -0.15) is 4.98 Å². The van der Waals surface area contributed by atoms with Crippen LogP contribution in [-0.4, -0.2) is 50.3 Å². The van der Waals surface area contributed by atoms with E-state index in [0.29, 0.717) is 22.3 Å². The number of benzene rings is 2. The molecule has 5 rings (SSSR count). The van der Waals surface area contributed by atoms with Crippen LogP contribution in [0.25, 0.3) is 11.2 Å². The molecule has 0 saturated carbocycles. The van der Waals surface area contributed by atoms with E-state index in [1.165, 1.54) is 6.33 Å². The van der Waals surface area contributed by atoms with Crippen LogP contribution in [0.2, 0.25) is 10.4 Å². The van der Waals surface area contributed by atoms with Gasteiger partial charge in [0.1, 0.15) is 30.6 Å². The van der Waals surface area contributed by atoms with Crippen LogP contribution in [0.1, 0.15) is 44.5 Å². The van der Waals surface area contributed by atoms with Crippen molar-refractivity contribution in [1.82, 2.24) is 19.5 Å². The molecule has 9 nitrogen and oxygen atoms in total. The lowest BCUT2D eigenvalue weighted by atomic mass is 10.1. The summed E-state index contributed by atoms with van der Waals surface area (Å²) in [5.41, 5.74) is 3.59. The van der Waals surface area contributed by atoms with Gasteiger partial charge in [0.05, 0.1) is 17.5 Å². The van der Waals surface area contributed by atoms with Gasteiger partial charge in [0.25, 0.3) is 0 Å². The fourth-order valence-corrected chi connectivity index (χ4v) is 4.54. The highest BCUT2D eigenvalue weighted by atomic mass is 35.5. The zero-order chi connectivity index (χ0) is 26.1. The molecule has 0 unspecified atom stereocenters. The summed E-state index contributed by atoms with van der Waals surface area (Å²) >= 11 is 12.2. The number of carbonyl (C=O) groups is 2. The number of imidazole rings is 1. The molecule has 190 valence electrons. The second-order valence-corrected chi connectivity index (χ2v) is 9.44. The fourth-order valence-electron chi connectivity index (χ4n) is 4.07. The van der Waals surface area contributed by atoms with Gasteiger partial charge >= 0.3 is 11.9 Å². The molecule has 0 radical (unpaired) electrons.